The van der Waals surface area contributed by atoms with E-state index >= 15 is 0 Å². The van der Waals surface area contributed by atoms with E-state index in [1.165, 1.54) is 36.8 Å². The maximum Gasteiger partial charge on any atom is 0.303 e. The molecule has 5 rings (SSSR count). The van der Waals surface area contributed by atoms with E-state index in [1.54, 1.807) is 0 Å². The third-order valence-electron chi connectivity index (χ3n) is 7.03. The molecule has 0 bridgehead atoms. The number of benzene rings is 1. The molecule has 3 aromatic rings. The molecule has 1 saturated heterocycles. The van der Waals surface area contributed by atoms with E-state index in [2.05, 4.69) is 32.3 Å². The van der Waals surface area contributed by atoms with Gasteiger partial charge in [0, 0.05) is 37.2 Å². The number of anilines is 2. The number of piperidine rings is 1. The van der Waals surface area contributed by atoms with Crippen molar-refractivity contribution in [3.05, 3.63) is 54.0 Å². The Bertz CT molecular complexity index is 1170. The Morgan fingerprint density at radius 2 is 2.03 bits per heavy atom. The van der Waals surface area contributed by atoms with E-state index in [4.69, 9.17) is 20.6 Å². The SMILES string of the molecule is Nc1ncnc2ccccc12.O=C(O)CCCOC1CCCN(CCCCc2ccc3c(n2)NCCC3)C1. The third-order valence-corrected chi connectivity index (χ3v) is 7.03. The summed E-state index contributed by atoms with van der Waals surface area (Å²) < 4.78 is 5.87. The number of nitrogens with zero attached hydrogens (tertiary/aromatic N) is 4. The highest BCUT2D eigenvalue weighted by Gasteiger charge is 2.20. The van der Waals surface area contributed by atoms with Gasteiger partial charge < -0.3 is 25.8 Å². The van der Waals surface area contributed by atoms with Crippen LogP contribution in [-0.4, -0.2) is 69.8 Å². The minimum atomic E-state index is -0.743. The van der Waals surface area contributed by atoms with Gasteiger partial charge in [-0.15, -0.1) is 0 Å². The Morgan fingerprint density at radius 3 is 2.89 bits per heavy atom. The van der Waals surface area contributed by atoms with Gasteiger partial charge in [0.05, 0.1) is 11.6 Å². The molecule has 2 aliphatic heterocycles. The summed E-state index contributed by atoms with van der Waals surface area (Å²) in [6.07, 6.45) is 10.5. The van der Waals surface area contributed by atoms with Crippen LogP contribution < -0.4 is 11.1 Å². The first kappa shape index (κ1) is 27.7. The summed E-state index contributed by atoms with van der Waals surface area (Å²) in [5, 5.41) is 13.0. The van der Waals surface area contributed by atoms with Crippen LogP contribution in [0.5, 0.6) is 0 Å². The lowest BCUT2D eigenvalue weighted by molar-refractivity contribution is -0.137. The van der Waals surface area contributed by atoms with Gasteiger partial charge in [-0.3, -0.25) is 4.79 Å². The monoisotopic (exact) mass is 520 g/mol. The van der Waals surface area contributed by atoms with Crippen LogP contribution in [0, 0.1) is 0 Å². The molecule has 38 heavy (non-hydrogen) atoms. The number of pyridine rings is 1. The average Bonchev–Trinajstić information content (AvgIpc) is 2.94. The Morgan fingerprint density at radius 1 is 1.13 bits per heavy atom. The van der Waals surface area contributed by atoms with E-state index < -0.39 is 5.97 Å². The zero-order chi connectivity index (χ0) is 26.6. The lowest BCUT2D eigenvalue weighted by Gasteiger charge is -2.32. The number of para-hydroxylation sites is 1. The number of ether oxygens (including phenoxy) is 1. The molecule has 2 aromatic heterocycles. The quantitative estimate of drug-likeness (QED) is 0.335. The Labute approximate surface area is 224 Å². The molecule has 1 unspecified atom stereocenters. The second-order valence-electron chi connectivity index (χ2n) is 10.0. The van der Waals surface area contributed by atoms with Crippen molar-refractivity contribution >= 4 is 28.5 Å². The van der Waals surface area contributed by atoms with Crippen LogP contribution in [0.1, 0.15) is 56.2 Å². The molecule has 0 amide bonds. The van der Waals surface area contributed by atoms with E-state index in [0.29, 0.717) is 18.8 Å². The molecule has 4 heterocycles. The van der Waals surface area contributed by atoms with Crippen molar-refractivity contribution in [3.63, 3.8) is 0 Å². The molecule has 9 heteroatoms. The molecule has 204 valence electrons. The maximum absolute atomic E-state index is 10.6. The highest BCUT2D eigenvalue weighted by molar-refractivity contribution is 5.87. The number of carboxylic acid groups (broad SMARTS) is 1. The molecule has 0 saturated carbocycles. The van der Waals surface area contributed by atoms with E-state index in [9.17, 15) is 4.79 Å². The highest BCUT2D eigenvalue weighted by Crippen LogP contribution is 2.21. The zero-order valence-electron chi connectivity index (χ0n) is 22.1. The van der Waals surface area contributed by atoms with Gasteiger partial charge in [-0.25, -0.2) is 15.0 Å². The number of aromatic nitrogens is 3. The van der Waals surface area contributed by atoms with Gasteiger partial charge in [-0.05, 0) is 88.2 Å². The van der Waals surface area contributed by atoms with Crippen molar-refractivity contribution < 1.29 is 14.6 Å². The third kappa shape index (κ3) is 8.63. The van der Waals surface area contributed by atoms with Crippen LogP contribution in [0.15, 0.2) is 42.7 Å². The molecule has 0 radical (unpaired) electrons. The highest BCUT2D eigenvalue weighted by atomic mass is 16.5. The predicted octanol–water partition coefficient (Wildman–Crippen LogP) is 4.32. The number of rotatable bonds is 10. The number of carboxylic acids is 1. The van der Waals surface area contributed by atoms with Gasteiger partial charge in [0.25, 0.3) is 0 Å². The van der Waals surface area contributed by atoms with Gasteiger partial charge >= 0.3 is 5.97 Å². The normalized spacial score (nSPS) is 17.2. The van der Waals surface area contributed by atoms with Crippen molar-refractivity contribution in [3.8, 4) is 0 Å². The van der Waals surface area contributed by atoms with E-state index in [-0.39, 0.29) is 12.5 Å². The molecule has 2 aliphatic rings. The predicted molar refractivity (Wildman–Crippen MR) is 150 cm³/mol. The smallest absolute Gasteiger partial charge is 0.303 e. The Balaban J connectivity index is 0.000000253. The van der Waals surface area contributed by atoms with Gasteiger partial charge in [-0.1, -0.05) is 18.2 Å². The second kappa shape index (κ2) is 14.6. The molecule has 0 spiro atoms. The molecular formula is C29H40N6O3. The van der Waals surface area contributed by atoms with Crippen LogP contribution in [0.3, 0.4) is 0 Å². The van der Waals surface area contributed by atoms with Crippen LogP contribution in [0.25, 0.3) is 10.9 Å². The summed E-state index contributed by atoms with van der Waals surface area (Å²) in [5.74, 6) is 0.890. The first-order valence-corrected chi connectivity index (χ1v) is 13.8. The number of nitrogens with one attached hydrogen (secondary N) is 1. The van der Waals surface area contributed by atoms with Gasteiger partial charge in [0.15, 0.2) is 0 Å². The van der Waals surface area contributed by atoms with Gasteiger partial charge in [0.2, 0.25) is 0 Å². The summed E-state index contributed by atoms with van der Waals surface area (Å²) in [6.45, 7) is 4.84. The first-order valence-electron chi connectivity index (χ1n) is 13.8. The lowest BCUT2D eigenvalue weighted by atomic mass is 10.1. The fraction of sp³-hybridized carbons (Fsp3) is 0.517. The van der Waals surface area contributed by atoms with Gasteiger partial charge in [-0.2, -0.15) is 0 Å². The Hall–Kier alpha value is -3.30. The van der Waals surface area contributed by atoms with Crippen LogP contribution >= 0.6 is 0 Å². The Kier molecular flexibility index (Phi) is 10.6. The number of nitrogen functional groups attached to an aromatic ring is 1. The zero-order valence-corrected chi connectivity index (χ0v) is 22.1. The topological polar surface area (TPSA) is 126 Å². The van der Waals surface area contributed by atoms with Crippen molar-refractivity contribution in [1.82, 2.24) is 19.9 Å². The largest absolute Gasteiger partial charge is 0.481 e. The molecule has 1 fully saturated rings. The van der Waals surface area contributed by atoms with Crippen LogP contribution in [0.4, 0.5) is 11.6 Å². The standard InChI is InChI=1S/C21H33N3O3.C8H7N3/c25-20(26)9-5-15-27-19-8-4-14-24(16-19)13-2-1-7-18-11-10-17-6-3-12-22-21(17)23-18;9-8-6-3-1-2-4-7(6)10-5-11-8/h10-11,19H,1-9,12-16H2,(H,22,23)(H,25,26);1-5H,(H2,9,10,11). The number of hydrogen-bond donors (Lipinski definition) is 3. The van der Waals surface area contributed by atoms with Crippen LogP contribution in [-0.2, 0) is 22.4 Å². The van der Waals surface area contributed by atoms with E-state index in [0.717, 1.165) is 68.6 Å². The average molecular weight is 521 g/mol. The summed E-state index contributed by atoms with van der Waals surface area (Å²) in [7, 11) is 0. The van der Waals surface area contributed by atoms with E-state index in [1.807, 2.05) is 24.3 Å². The number of aryl methyl sites for hydroxylation is 2. The van der Waals surface area contributed by atoms with Crippen LogP contribution in [0.2, 0.25) is 0 Å². The van der Waals surface area contributed by atoms with Crippen molar-refractivity contribution in [2.24, 2.45) is 0 Å². The summed E-state index contributed by atoms with van der Waals surface area (Å²) in [6, 6.07) is 12.1. The van der Waals surface area contributed by atoms with Crippen molar-refractivity contribution in [1.29, 1.82) is 0 Å². The summed E-state index contributed by atoms with van der Waals surface area (Å²) in [5.41, 5.74) is 9.04. The van der Waals surface area contributed by atoms with Gasteiger partial charge in [0.1, 0.15) is 18.0 Å². The number of aliphatic carboxylic acids is 1. The summed E-state index contributed by atoms with van der Waals surface area (Å²) in [4.78, 5) is 25.7. The second-order valence-corrected chi connectivity index (χ2v) is 10.0. The minimum absolute atomic E-state index is 0.197. The number of likely N-dealkylation sites (tertiary alicyclic amines) is 1. The molecule has 1 atom stereocenters. The molecule has 9 nitrogen and oxygen atoms in total. The maximum atomic E-state index is 10.6. The lowest BCUT2D eigenvalue weighted by Crippen LogP contribution is -2.40. The number of unbranched alkanes of at least 4 members (excludes halogenated alkanes) is 1. The molecule has 0 aliphatic carbocycles. The molecular weight excluding hydrogens is 480 g/mol. The number of carbonyl (C=O) groups is 1. The minimum Gasteiger partial charge on any atom is -0.481 e. The molecule has 4 N–H and O–H groups in total. The van der Waals surface area contributed by atoms with Crippen molar-refractivity contribution in [2.45, 2.75) is 63.9 Å². The fourth-order valence-corrected chi connectivity index (χ4v) is 5.00. The van der Waals surface area contributed by atoms with Crippen molar-refractivity contribution in [2.75, 3.05) is 43.8 Å². The fourth-order valence-electron chi connectivity index (χ4n) is 5.00. The molecule has 1 aromatic carbocycles. The number of hydrogen-bond acceptors (Lipinski definition) is 8. The first-order chi connectivity index (χ1) is 18.6. The summed E-state index contributed by atoms with van der Waals surface area (Å²) >= 11 is 0. The number of nitrogens with two attached hydrogens (primary N) is 1. The number of fused-ring (bicyclic) bond motifs is 2.